The first-order valence-corrected chi connectivity index (χ1v) is 10.5. The van der Waals surface area contributed by atoms with Gasteiger partial charge in [0.05, 0.1) is 20.6 Å². The van der Waals surface area contributed by atoms with Crippen molar-refractivity contribution in [2.24, 2.45) is 0 Å². The molecule has 0 saturated heterocycles. The van der Waals surface area contributed by atoms with E-state index in [1.165, 1.54) is 5.56 Å². The van der Waals surface area contributed by atoms with Crippen LogP contribution in [0, 0.1) is 0 Å². The Morgan fingerprint density at radius 1 is 0.733 bits per heavy atom. The molecule has 2 heteroatoms. The van der Waals surface area contributed by atoms with E-state index in [1.807, 2.05) is 24.3 Å². The number of halogens is 1. The Bertz CT molecular complexity index is 1640. The van der Waals surface area contributed by atoms with Gasteiger partial charge in [-0.15, -0.1) is 0 Å². The SMILES string of the molecule is [2H]c1c([2H])c([2H])c2c(c1[2H])c1c([2H])c(Br)c([2H])c([2H])c1n2-c1ccc(-c2ccc(C(C)(C)C)cc2)cc1. The summed E-state index contributed by atoms with van der Waals surface area (Å²) in [6.07, 6.45) is 0. The van der Waals surface area contributed by atoms with Crippen LogP contribution < -0.4 is 0 Å². The summed E-state index contributed by atoms with van der Waals surface area (Å²) < 4.78 is 61.1. The van der Waals surface area contributed by atoms with Crippen molar-refractivity contribution in [3.63, 3.8) is 0 Å². The molecule has 0 bridgehead atoms. The van der Waals surface area contributed by atoms with Crippen LogP contribution in [0.5, 0.6) is 0 Å². The molecule has 0 aliphatic rings. The lowest BCUT2D eigenvalue weighted by atomic mass is 9.86. The van der Waals surface area contributed by atoms with Crippen molar-refractivity contribution < 1.29 is 9.60 Å². The number of hydrogen-bond acceptors (Lipinski definition) is 0. The molecule has 0 radical (unpaired) electrons. The van der Waals surface area contributed by atoms with E-state index in [0.717, 1.165) is 11.1 Å². The molecule has 0 spiro atoms. The Kier molecular flexibility index (Phi) is 3.04. The van der Waals surface area contributed by atoms with E-state index in [1.54, 1.807) is 4.57 Å². The van der Waals surface area contributed by atoms with Gasteiger partial charge in [0, 0.05) is 20.9 Å². The van der Waals surface area contributed by atoms with Crippen LogP contribution in [0.1, 0.15) is 35.9 Å². The number of nitrogens with zero attached hydrogens (tertiary/aromatic N) is 1. The number of para-hydroxylation sites is 1. The Morgan fingerprint density at radius 2 is 1.33 bits per heavy atom. The normalized spacial score (nSPS) is 15.3. The summed E-state index contributed by atoms with van der Waals surface area (Å²) in [6.45, 7) is 6.50. The van der Waals surface area contributed by atoms with Crippen molar-refractivity contribution in [1.29, 1.82) is 0 Å². The molecule has 1 aromatic heterocycles. The molecule has 0 aliphatic heterocycles. The Morgan fingerprint density at radius 3 is 2.00 bits per heavy atom. The zero-order valence-electron chi connectivity index (χ0n) is 23.9. The van der Waals surface area contributed by atoms with Crippen LogP contribution >= 0.6 is 15.9 Å². The second kappa shape index (κ2) is 7.14. The van der Waals surface area contributed by atoms with E-state index >= 15 is 0 Å². The van der Waals surface area contributed by atoms with Gasteiger partial charge in [0.1, 0.15) is 0 Å². The second-order valence-corrected chi connectivity index (χ2v) is 9.14. The zero-order valence-corrected chi connectivity index (χ0v) is 18.5. The molecule has 1 nitrogen and oxygen atoms in total. The van der Waals surface area contributed by atoms with Gasteiger partial charge in [-0.2, -0.15) is 0 Å². The number of rotatable bonds is 2. The van der Waals surface area contributed by atoms with E-state index in [-0.39, 0.29) is 67.9 Å². The topological polar surface area (TPSA) is 4.93 Å². The van der Waals surface area contributed by atoms with E-state index < -0.39 is 6.04 Å². The fourth-order valence-corrected chi connectivity index (χ4v) is 4.01. The van der Waals surface area contributed by atoms with Gasteiger partial charge in [0.25, 0.3) is 0 Å². The highest BCUT2D eigenvalue weighted by atomic mass is 79.9. The highest BCUT2D eigenvalue weighted by Crippen LogP contribution is 2.34. The Hall–Kier alpha value is -2.84. The monoisotopic (exact) mass is 460 g/mol. The maximum absolute atomic E-state index is 8.71. The van der Waals surface area contributed by atoms with Crippen LogP contribution in [0.2, 0.25) is 0 Å². The van der Waals surface area contributed by atoms with Gasteiger partial charge in [-0.1, -0.05) is 91.2 Å². The molecule has 5 rings (SSSR count). The van der Waals surface area contributed by atoms with Gasteiger partial charge in [-0.05, 0) is 58.4 Å². The van der Waals surface area contributed by atoms with E-state index in [9.17, 15) is 0 Å². The van der Waals surface area contributed by atoms with E-state index in [2.05, 4.69) is 61.0 Å². The highest BCUT2D eigenvalue weighted by Gasteiger charge is 2.14. The second-order valence-electron chi connectivity index (χ2n) is 8.35. The average molecular weight is 461 g/mol. The average Bonchev–Trinajstić information content (AvgIpc) is 3.24. The predicted molar refractivity (Wildman–Crippen MR) is 133 cm³/mol. The molecule has 1 heterocycles. The highest BCUT2D eigenvalue weighted by molar-refractivity contribution is 9.10. The van der Waals surface area contributed by atoms with Crippen LogP contribution in [-0.4, -0.2) is 4.57 Å². The first kappa shape index (κ1) is 12.8. The fraction of sp³-hybridized carbons (Fsp3) is 0.143. The smallest absolute Gasteiger partial charge is 0.0646 e. The first-order chi connectivity index (χ1) is 17.3. The molecule has 0 fully saturated rings. The molecule has 0 amide bonds. The summed E-state index contributed by atoms with van der Waals surface area (Å²) in [5, 5.41) is 0.388. The summed E-state index contributed by atoms with van der Waals surface area (Å²) in [7, 11) is 0. The molecule has 148 valence electrons. The lowest BCUT2D eigenvalue weighted by Gasteiger charge is -2.19. The molecule has 0 atom stereocenters. The van der Waals surface area contributed by atoms with Crippen molar-refractivity contribution in [2.75, 3.05) is 0 Å². The molecule has 0 aliphatic carbocycles. The van der Waals surface area contributed by atoms with Gasteiger partial charge in [-0.25, -0.2) is 0 Å². The van der Waals surface area contributed by atoms with Crippen LogP contribution in [0.4, 0.5) is 0 Å². The van der Waals surface area contributed by atoms with Crippen LogP contribution in [-0.2, 0) is 5.41 Å². The number of hydrogen-bond donors (Lipinski definition) is 0. The van der Waals surface area contributed by atoms with E-state index in [4.69, 9.17) is 9.60 Å². The van der Waals surface area contributed by atoms with Gasteiger partial charge in [0.15, 0.2) is 0 Å². The van der Waals surface area contributed by atoms with Crippen molar-refractivity contribution in [3.05, 3.63) is 101 Å². The fourth-order valence-electron chi connectivity index (χ4n) is 3.72. The third-order valence-electron chi connectivity index (χ3n) is 5.34. The molecule has 4 aromatic carbocycles. The molecular formula is C28H24BrN. The van der Waals surface area contributed by atoms with Crippen molar-refractivity contribution in [2.45, 2.75) is 26.2 Å². The lowest BCUT2D eigenvalue weighted by molar-refractivity contribution is 0.590. The van der Waals surface area contributed by atoms with Crippen molar-refractivity contribution in [1.82, 2.24) is 4.57 Å². The van der Waals surface area contributed by atoms with Crippen LogP contribution in [0.15, 0.2) is 95.3 Å². The minimum atomic E-state index is -0.400. The zero-order chi connectivity index (χ0) is 27.0. The molecule has 0 unspecified atom stereocenters. The molecule has 5 aromatic rings. The number of fused-ring (bicyclic) bond motifs is 3. The van der Waals surface area contributed by atoms with Crippen molar-refractivity contribution in [3.8, 4) is 16.8 Å². The quantitative estimate of drug-likeness (QED) is 0.248. The molecule has 0 saturated carbocycles. The Balaban J connectivity index is 1.80. The summed E-state index contributed by atoms with van der Waals surface area (Å²) in [4.78, 5) is 0. The van der Waals surface area contributed by atoms with Gasteiger partial charge in [-0.3, -0.25) is 0 Å². The maximum Gasteiger partial charge on any atom is 0.0646 e. The maximum atomic E-state index is 8.71. The summed E-state index contributed by atoms with van der Waals surface area (Å²) in [6, 6.07) is 14.2. The predicted octanol–water partition coefficient (Wildman–Crippen LogP) is 8.51. The van der Waals surface area contributed by atoms with Crippen LogP contribution in [0.25, 0.3) is 38.6 Å². The minimum absolute atomic E-state index is 0.0512. The number of aromatic nitrogens is 1. The largest absolute Gasteiger partial charge is 0.309 e. The Labute approximate surface area is 195 Å². The van der Waals surface area contributed by atoms with Crippen molar-refractivity contribution >= 4 is 37.7 Å². The van der Waals surface area contributed by atoms with Gasteiger partial charge in [0.2, 0.25) is 0 Å². The summed E-state index contributed by atoms with van der Waals surface area (Å²) >= 11 is 3.23. The first-order valence-electron chi connectivity index (χ1n) is 13.3. The van der Waals surface area contributed by atoms with Crippen LogP contribution in [0.3, 0.4) is 0 Å². The standard InChI is InChI=1S/C28H24BrN/c1-28(2,3)21-12-8-19(9-13-21)20-10-15-23(16-11-20)30-26-7-5-4-6-24(26)25-18-22(29)14-17-27(25)30/h4-18H,1-3H3/i4D,5D,6D,7D,14D,17D,18D. The third-order valence-corrected chi connectivity index (χ3v) is 5.73. The molecule has 30 heavy (non-hydrogen) atoms. The number of benzene rings is 4. The summed E-state index contributed by atoms with van der Waals surface area (Å²) in [5.41, 5.74) is 4.27. The van der Waals surface area contributed by atoms with Gasteiger partial charge >= 0.3 is 0 Å². The van der Waals surface area contributed by atoms with E-state index in [0.29, 0.717) is 5.69 Å². The lowest BCUT2D eigenvalue weighted by Crippen LogP contribution is -2.10. The van der Waals surface area contributed by atoms with Gasteiger partial charge < -0.3 is 4.57 Å². The third kappa shape index (κ3) is 3.26. The molecule has 0 N–H and O–H groups in total. The summed E-state index contributed by atoms with van der Waals surface area (Å²) in [5.74, 6) is 0. The minimum Gasteiger partial charge on any atom is -0.309 e. The molecular weight excluding hydrogens is 430 g/mol.